The first kappa shape index (κ1) is 13.4. The van der Waals surface area contributed by atoms with Gasteiger partial charge in [0.2, 0.25) is 5.91 Å². The Morgan fingerprint density at radius 3 is 2.79 bits per heavy atom. The SMILES string of the molecule is NC(=NO)C1CCCC1NC(=O)Cc1ccccc1. The minimum Gasteiger partial charge on any atom is -0.409 e. The Labute approximate surface area is 112 Å². The van der Waals surface area contributed by atoms with Gasteiger partial charge in [-0.1, -0.05) is 41.9 Å². The summed E-state index contributed by atoms with van der Waals surface area (Å²) in [5.74, 6) is 0.140. The summed E-state index contributed by atoms with van der Waals surface area (Å²) < 4.78 is 0. The summed E-state index contributed by atoms with van der Waals surface area (Å²) in [5, 5.41) is 14.8. The smallest absolute Gasteiger partial charge is 0.224 e. The topological polar surface area (TPSA) is 87.7 Å². The number of nitrogens with one attached hydrogen (secondary N) is 1. The van der Waals surface area contributed by atoms with Gasteiger partial charge in [0.15, 0.2) is 0 Å². The predicted molar refractivity (Wildman–Crippen MR) is 72.8 cm³/mol. The number of nitrogens with zero attached hydrogens (tertiary/aromatic N) is 1. The van der Waals surface area contributed by atoms with E-state index in [1.165, 1.54) is 0 Å². The molecule has 1 saturated carbocycles. The second kappa shape index (κ2) is 6.22. The van der Waals surface area contributed by atoms with E-state index in [1.807, 2.05) is 30.3 Å². The van der Waals surface area contributed by atoms with Crippen LogP contribution in [0.2, 0.25) is 0 Å². The second-order valence-corrected chi connectivity index (χ2v) is 4.90. The van der Waals surface area contributed by atoms with Crippen LogP contribution in [0.1, 0.15) is 24.8 Å². The number of rotatable bonds is 4. The van der Waals surface area contributed by atoms with Gasteiger partial charge < -0.3 is 16.3 Å². The molecule has 0 heterocycles. The number of hydrogen-bond donors (Lipinski definition) is 3. The van der Waals surface area contributed by atoms with Crippen LogP contribution >= 0.6 is 0 Å². The van der Waals surface area contributed by atoms with Crippen molar-refractivity contribution in [2.75, 3.05) is 0 Å². The molecule has 0 aliphatic heterocycles. The van der Waals surface area contributed by atoms with E-state index in [0.717, 1.165) is 24.8 Å². The van der Waals surface area contributed by atoms with E-state index in [-0.39, 0.29) is 23.7 Å². The lowest BCUT2D eigenvalue weighted by atomic mass is 10.0. The Morgan fingerprint density at radius 2 is 2.11 bits per heavy atom. The molecule has 4 N–H and O–H groups in total. The molecule has 1 aromatic rings. The molecular weight excluding hydrogens is 242 g/mol. The third-order valence-corrected chi connectivity index (χ3v) is 3.57. The normalized spacial score (nSPS) is 23.3. The molecule has 1 aliphatic carbocycles. The van der Waals surface area contributed by atoms with Crippen molar-refractivity contribution in [2.45, 2.75) is 31.7 Å². The average Bonchev–Trinajstić information content (AvgIpc) is 2.87. The molecule has 19 heavy (non-hydrogen) atoms. The highest BCUT2D eigenvalue weighted by Gasteiger charge is 2.31. The minimum absolute atomic E-state index is 0.0196. The average molecular weight is 261 g/mol. The number of nitrogens with two attached hydrogens (primary N) is 1. The van der Waals surface area contributed by atoms with Crippen LogP contribution in [0.5, 0.6) is 0 Å². The Balaban J connectivity index is 1.92. The van der Waals surface area contributed by atoms with Crippen LogP contribution in [0.3, 0.4) is 0 Å². The van der Waals surface area contributed by atoms with Crippen molar-refractivity contribution < 1.29 is 10.0 Å². The quantitative estimate of drug-likeness (QED) is 0.330. The van der Waals surface area contributed by atoms with Crippen LogP contribution < -0.4 is 11.1 Å². The number of carbonyl (C=O) groups excluding carboxylic acids is 1. The molecule has 0 aromatic heterocycles. The summed E-state index contributed by atoms with van der Waals surface area (Å²) >= 11 is 0. The Kier molecular flexibility index (Phi) is 4.39. The standard InChI is InChI=1S/C14H19N3O2/c15-14(17-19)11-7-4-8-12(11)16-13(18)9-10-5-2-1-3-6-10/h1-3,5-6,11-12,19H,4,7-9H2,(H2,15,17)(H,16,18). The van der Waals surface area contributed by atoms with Gasteiger partial charge in [-0.2, -0.15) is 0 Å². The fourth-order valence-electron chi connectivity index (χ4n) is 2.60. The molecular formula is C14H19N3O2. The number of oxime groups is 1. The zero-order chi connectivity index (χ0) is 13.7. The Bertz CT molecular complexity index is 459. The van der Waals surface area contributed by atoms with E-state index in [1.54, 1.807) is 0 Å². The highest BCUT2D eigenvalue weighted by Crippen LogP contribution is 2.25. The first-order valence-electron chi connectivity index (χ1n) is 6.51. The molecule has 1 aromatic carbocycles. The first-order valence-corrected chi connectivity index (χ1v) is 6.51. The third kappa shape index (κ3) is 3.47. The zero-order valence-corrected chi connectivity index (χ0v) is 10.7. The van der Waals surface area contributed by atoms with Crippen molar-refractivity contribution >= 4 is 11.7 Å². The number of carbonyl (C=O) groups is 1. The molecule has 0 radical (unpaired) electrons. The molecule has 1 fully saturated rings. The summed E-state index contributed by atoms with van der Waals surface area (Å²) in [6.07, 6.45) is 3.07. The van der Waals surface area contributed by atoms with Gasteiger partial charge in [0.1, 0.15) is 5.84 Å². The number of amides is 1. The molecule has 1 aliphatic rings. The predicted octanol–water partition coefficient (Wildman–Crippen LogP) is 1.26. The highest BCUT2D eigenvalue weighted by atomic mass is 16.4. The lowest BCUT2D eigenvalue weighted by molar-refractivity contribution is -0.121. The van der Waals surface area contributed by atoms with Crippen molar-refractivity contribution in [3.8, 4) is 0 Å². The molecule has 0 spiro atoms. The van der Waals surface area contributed by atoms with Gasteiger partial charge in [0.25, 0.3) is 0 Å². The van der Waals surface area contributed by atoms with E-state index < -0.39 is 0 Å². The van der Waals surface area contributed by atoms with Gasteiger partial charge in [-0.3, -0.25) is 4.79 Å². The van der Waals surface area contributed by atoms with Gasteiger partial charge in [0, 0.05) is 12.0 Å². The monoisotopic (exact) mass is 261 g/mol. The molecule has 2 atom stereocenters. The van der Waals surface area contributed by atoms with Crippen molar-refractivity contribution in [2.24, 2.45) is 16.8 Å². The zero-order valence-electron chi connectivity index (χ0n) is 10.7. The van der Waals surface area contributed by atoms with Crippen LogP contribution in [0.25, 0.3) is 0 Å². The van der Waals surface area contributed by atoms with E-state index in [0.29, 0.717) is 6.42 Å². The molecule has 5 heteroatoms. The number of amidine groups is 1. The Hall–Kier alpha value is -2.04. The summed E-state index contributed by atoms with van der Waals surface area (Å²) in [6, 6.07) is 9.58. The van der Waals surface area contributed by atoms with Crippen molar-refractivity contribution in [3.63, 3.8) is 0 Å². The molecule has 0 saturated heterocycles. The van der Waals surface area contributed by atoms with Crippen LogP contribution in [0, 0.1) is 5.92 Å². The van der Waals surface area contributed by atoms with E-state index in [4.69, 9.17) is 10.9 Å². The van der Waals surface area contributed by atoms with Gasteiger partial charge >= 0.3 is 0 Å². The Morgan fingerprint density at radius 1 is 1.37 bits per heavy atom. The van der Waals surface area contributed by atoms with Crippen molar-refractivity contribution in [1.29, 1.82) is 0 Å². The maximum absolute atomic E-state index is 12.0. The maximum Gasteiger partial charge on any atom is 0.224 e. The fraction of sp³-hybridized carbons (Fsp3) is 0.429. The van der Waals surface area contributed by atoms with E-state index in [9.17, 15) is 4.79 Å². The highest BCUT2D eigenvalue weighted by molar-refractivity contribution is 5.85. The van der Waals surface area contributed by atoms with Gasteiger partial charge in [-0.25, -0.2) is 0 Å². The van der Waals surface area contributed by atoms with Crippen molar-refractivity contribution in [3.05, 3.63) is 35.9 Å². The first-order chi connectivity index (χ1) is 9.20. The second-order valence-electron chi connectivity index (χ2n) is 4.90. The molecule has 5 nitrogen and oxygen atoms in total. The number of hydrogen-bond acceptors (Lipinski definition) is 3. The van der Waals surface area contributed by atoms with Crippen LogP contribution in [-0.2, 0) is 11.2 Å². The van der Waals surface area contributed by atoms with Gasteiger partial charge in [-0.05, 0) is 18.4 Å². The molecule has 0 bridgehead atoms. The van der Waals surface area contributed by atoms with Crippen molar-refractivity contribution in [1.82, 2.24) is 5.32 Å². The summed E-state index contributed by atoms with van der Waals surface area (Å²) in [5.41, 5.74) is 6.63. The third-order valence-electron chi connectivity index (χ3n) is 3.57. The van der Waals surface area contributed by atoms with Crippen LogP contribution in [-0.4, -0.2) is 23.0 Å². The molecule has 2 unspecified atom stereocenters. The maximum atomic E-state index is 12.0. The van der Waals surface area contributed by atoms with E-state index >= 15 is 0 Å². The summed E-state index contributed by atoms with van der Waals surface area (Å²) in [4.78, 5) is 12.0. The number of benzene rings is 1. The molecule has 1 amide bonds. The van der Waals surface area contributed by atoms with Crippen LogP contribution in [0.15, 0.2) is 35.5 Å². The largest absolute Gasteiger partial charge is 0.409 e. The van der Waals surface area contributed by atoms with Gasteiger partial charge in [-0.15, -0.1) is 0 Å². The summed E-state index contributed by atoms with van der Waals surface area (Å²) in [6.45, 7) is 0. The van der Waals surface area contributed by atoms with E-state index in [2.05, 4.69) is 10.5 Å². The molecule has 2 rings (SSSR count). The fourth-order valence-corrected chi connectivity index (χ4v) is 2.60. The van der Waals surface area contributed by atoms with Crippen LogP contribution in [0.4, 0.5) is 0 Å². The molecule has 102 valence electrons. The summed E-state index contributed by atoms with van der Waals surface area (Å²) in [7, 11) is 0. The van der Waals surface area contributed by atoms with Gasteiger partial charge in [0.05, 0.1) is 6.42 Å². The lowest BCUT2D eigenvalue weighted by Gasteiger charge is -2.19. The minimum atomic E-state index is -0.0512. The lowest BCUT2D eigenvalue weighted by Crippen LogP contribution is -2.43.